The molecule has 0 atom stereocenters. The summed E-state index contributed by atoms with van der Waals surface area (Å²) in [6.45, 7) is 3.80. The molecule has 1 saturated carbocycles. The smallest absolute Gasteiger partial charge is 0.206 e. The Morgan fingerprint density at radius 1 is 1.14 bits per heavy atom. The number of aryl methyl sites for hydroxylation is 1. The topological polar surface area (TPSA) is 0 Å². The molecular formula is C17H19BrF4. The molecule has 22 heavy (non-hydrogen) atoms. The number of allylic oxidation sites excluding steroid dienone is 1. The van der Waals surface area contributed by atoms with Crippen LogP contribution in [-0.4, -0.2) is 0 Å². The molecule has 0 nitrogen and oxygen atoms in total. The molecule has 0 aromatic heterocycles. The molecule has 0 aliphatic heterocycles. The van der Waals surface area contributed by atoms with Crippen LogP contribution in [0.2, 0.25) is 0 Å². The Morgan fingerprint density at radius 3 is 2.14 bits per heavy atom. The largest absolute Gasteiger partial charge is 0.332 e. The van der Waals surface area contributed by atoms with Gasteiger partial charge in [-0.05, 0) is 84.0 Å². The molecular weight excluding hydrogens is 360 g/mol. The number of alkyl halides is 3. The van der Waals surface area contributed by atoms with Crippen molar-refractivity contribution < 1.29 is 17.6 Å². The third-order valence-electron chi connectivity index (χ3n) is 4.45. The molecule has 0 radical (unpaired) electrons. The molecule has 0 N–H and O–H groups in total. The Morgan fingerprint density at radius 2 is 1.68 bits per heavy atom. The minimum atomic E-state index is -3.69. The maximum atomic E-state index is 13.7. The quantitative estimate of drug-likeness (QED) is 0.318. The second-order valence-electron chi connectivity index (χ2n) is 5.99. The zero-order valence-corrected chi connectivity index (χ0v) is 13.8. The van der Waals surface area contributed by atoms with Crippen LogP contribution in [0.15, 0.2) is 24.8 Å². The second kappa shape index (κ2) is 7.16. The van der Waals surface area contributed by atoms with Gasteiger partial charge in [0.15, 0.2) is 0 Å². The van der Waals surface area contributed by atoms with Crippen molar-refractivity contribution in [2.24, 2.45) is 11.8 Å². The Bertz CT molecular complexity index is 505. The first-order chi connectivity index (χ1) is 10.3. The van der Waals surface area contributed by atoms with E-state index in [0.29, 0.717) is 23.8 Å². The first-order valence-electron chi connectivity index (χ1n) is 7.49. The molecule has 122 valence electrons. The molecule has 2 rings (SSSR count). The highest BCUT2D eigenvalue weighted by Gasteiger charge is 2.34. The SMILES string of the molecule is C=CC1CCC(CCc2cc(F)c(C(F)(F)Br)c(F)c2)CC1. The number of hydrogen-bond acceptors (Lipinski definition) is 0. The average Bonchev–Trinajstić information content (AvgIpc) is 2.43. The van der Waals surface area contributed by atoms with Crippen LogP contribution < -0.4 is 0 Å². The van der Waals surface area contributed by atoms with Gasteiger partial charge in [-0.25, -0.2) is 8.78 Å². The molecule has 0 unspecified atom stereocenters. The molecule has 1 aromatic rings. The molecule has 0 amide bonds. The summed E-state index contributed by atoms with van der Waals surface area (Å²) >= 11 is 2.01. The predicted molar refractivity (Wildman–Crippen MR) is 83.1 cm³/mol. The predicted octanol–water partition coefficient (Wildman–Crippen LogP) is 6.33. The molecule has 1 fully saturated rings. The van der Waals surface area contributed by atoms with Gasteiger partial charge in [0.2, 0.25) is 0 Å². The van der Waals surface area contributed by atoms with Gasteiger partial charge in [-0.3, -0.25) is 0 Å². The summed E-state index contributed by atoms with van der Waals surface area (Å²) < 4.78 is 53.6. The lowest BCUT2D eigenvalue weighted by atomic mass is 9.79. The maximum Gasteiger partial charge on any atom is 0.332 e. The van der Waals surface area contributed by atoms with Gasteiger partial charge in [0, 0.05) is 0 Å². The normalized spacial score (nSPS) is 22.6. The van der Waals surface area contributed by atoms with Gasteiger partial charge in [-0.1, -0.05) is 6.08 Å². The fourth-order valence-corrected chi connectivity index (χ4v) is 3.50. The van der Waals surface area contributed by atoms with E-state index in [0.717, 1.165) is 44.2 Å². The van der Waals surface area contributed by atoms with Crippen molar-refractivity contribution >= 4 is 15.9 Å². The maximum absolute atomic E-state index is 13.7. The summed E-state index contributed by atoms with van der Waals surface area (Å²) in [6, 6.07) is 2.03. The molecule has 5 heteroatoms. The lowest BCUT2D eigenvalue weighted by molar-refractivity contribution is 0.105. The van der Waals surface area contributed by atoms with Gasteiger partial charge >= 0.3 is 4.83 Å². The summed E-state index contributed by atoms with van der Waals surface area (Å²) in [7, 11) is 0. The van der Waals surface area contributed by atoms with Gasteiger partial charge in [0.1, 0.15) is 17.2 Å². The van der Waals surface area contributed by atoms with E-state index >= 15 is 0 Å². The number of hydrogen-bond donors (Lipinski definition) is 0. The molecule has 0 spiro atoms. The van der Waals surface area contributed by atoms with E-state index in [9.17, 15) is 17.6 Å². The van der Waals surface area contributed by atoms with Gasteiger partial charge in [-0.2, -0.15) is 8.78 Å². The van der Waals surface area contributed by atoms with Crippen molar-refractivity contribution in [2.45, 2.75) is 43.4 Å². The van der Waals surface area contributed by atoms with Crippen molar-refractivity contribution in [1.29, 1.82) is 0 Å². The van der Waals surface area contributed by atoms with Crippen LogP contribution in [0.1, 0.15) is 43.2 Å². The van der Waals surface area contributed by atoms with Crippen LogP contribution in [0.5, 0.6) is 0 Å². The third-order valence-corrected chi connectivity index (χ3v) is 4.85. The number of benzene rings is 1. The van der Waals surface area contributed by atoms with E-state index in [-0.39, 0.29) is 0 Å². The summed E-state index contributed by atoms with van der Waals surface area (Å²) in [5, 5.41) is 0. The Balaban J connectivity index is 1.98. The van der Waals surface area contributed by atoms with E-state index < -0.39 is 22.0 Å². The first-order valence-corrected chi connectivity index (χ1v) is 8.28. The van der Waals surface area contributed by atoms with Crippen LogP contribution in [0.25, 0.3) is 0 Å². The zero-order valence-electron chi connectivity index (χ0n) is 12.2. The fourth-order valence-electron chi connectivity index (χ4n) is 3.12. The summed E-state index contributed by atoms with van der Waals surface area (Å²) in [4.78, 5) is -3.69. The first kappa shape index (κ1) is 17.5. The van der Waals surface area contributed by atoms with Crippen molar-refractivity contribution in [3.8, 4) is 0 Å². The van der Waals surface area contributed by atoms with Crippen LogP contribution in [0.4, 0.5) is 17.6 Å². The summed E-state index contributed by atoms with van der Waals surface area (Å²) in [5.74, 6) is -1.30. The van der Waals surface area contributed by atoms with Crippen molar-refractivity contribution in [3.05, 3.63) is 47.5 Å². The van der Waals surface area contributed by atoms with Crippen LogP contribution in [-0.2, 0) is 11.3 Å². The number of rotatable bonds is 5. The van der Waals surface area contributed by atoms with Gasteiger partial charge < -0.3 is 0 Å². The van der Waals surface area contributed by atoms with Crippen LogP contribution >= 0.6 is 15.9 Å². The molecule has 0 heterocycles. The van der Waals surface area contributed by atoms with Crippen LogP contribution in [0.3, 0.4) is 0 Å². The lowest BCUT2D eigenvalue weighted by Crippen LogP contribution is -2.14. The highest BCUT2D eigenvalue weighted by atomic mass is 79.9. The summed E-state index contributed by atoms with van der Waals surface area (Å²) in [5.41, 5.74) is -0.788. The molecule has 0 bridgehead atoms. The van der Waals surface area contributed by atoms with Gasteiger partial charge in [0.25, 0.3) is 0 Å². The minimum absolute atomic E-state index is 0.432. The second-order valence-corrected chi connectivity index (χ2v) is 6.98. The Labute approximate surface area is 136 Å². The van der Waals surface area contributed by atoms with Crippen molar-refractivity contribution in [1.82, 2.24) is 0 Å². The van der Waals surface area contributed by atoms with Gasteiger partial charge in [0.05, 0.1) is 0 Å². The fraction of sp³-hybridized carbons (Fsp3) is 0.529. The van der Waals surface area contributed by atoms with E-state index in [4.69, 9.17) is 0 Å². The number of halogens is 5. The van der Waals surface area contributed by atoms with E-state index in [1.165, 1.54) is 0 Å². The molecule has 1 aromatic carbocycles. The zero-order chi connectivity index (χ0) is 16.3. The van der Waals surface area contributed by atoms with E-state index in [2.05, 4.69) is 6.58 Å². The van der Waals surface area contributed by atoms with Crippen molar-refractivity contribution in [3.63, 3.8) is 0 Å². The highest BCUT2D eigenvalue weighted by Crippen LogP contribution is 2.38. The lowest BCUT2D eigenvalue weighted by Gasteiger charge is -2.26. The standard InChI is InChI=1S/C17H19BrF4/c1-2-11-3-5-12(6-4-11)7-8-13-9-14(19)16(15(20)10-13)17(18,21)22/h2,9-12H,1,3-8H2. The van der Waals surface area contributed by atoms with Crippen LogP contribution in [0, 0.1) is 23.5 Å². The van der Waals surface area contributed by atoms with E-state index in [1.54, 1.807) is 0 Å². The van der Waals surface area contributed by atoms with Crippen molar-refractivity contribution in [2.75, 3.05) is 0 Å². The average molecular weight is 379 g/mol. The molecule has 0 saturated heterocycles. The highest BCUT2D eigenvalue weighted by molar-refractivity contribution is 9.09. The Hall–Kier alpha value is -0.840. The Kier molecular flexibility index (Phi) is 5.70. The summed E-state index contributed by atoms with van der Waals surface area (Å²) in [6.07, 6.45) is 7.69. The van der Waals surface area contributed by atoms with E-state index in [1.807, 2.05) is 22.0 Å². The third kappa shape index (κ3) is 4.34. The molecule has 1 aliphatic rings. The minimum Gasteiger partial charge on any atom is -0.206 e. The monoisotopic (exact) mass is 378 g/mol. The van der Waals surface area contributed by atoms with Gasteiger partial charge in [-0.15, -0.1) is 6.58 Å². The molecule has 1 aliphatic carbocycles.